The van der Waals surface area contributed by atoms with Gasteiger partial charge in [-0.1, -0.05) is 12.5 Å². The van der Waals surface area contributed by atoms with E-state index in [4.69, 9.17) is 0 Å². The van der Waals surface area contributed by atoms with Crippen LogP contribution in [0.15, 0.2) is 11.3 Å². The van der Waals surface area contributed by atoms with Gasteiger partial charge in [0.15, 0.2) is 0 Å². The number of hydrogen-bond donors (Lipinski definition) is 1. The average Bonchev–Trinajstić information content (AvgIpc) is 1.93. The van der Waals surface area contributed by atoms with Crippen LogP contribution < -0.4 is 5.32 Å². The molecule has 1 saturated carbocycles. The lowest BCUT2D eigenvalue weighted by Gasteiger charge is -2.29. The summed E-state index contributed by atoms with van der Waals surface area (Å²) in [5.41, 5.74) is 2.74. The fourth-order valence-electron chi connectivity index (χ4n) is 1.89. The van der Waals surface area contributed by atoms with Gasteiger partial charge in [0, 0.05) is 12.1 Å². The van der Waals surface area contributed by atoms with Crippen molar-refractivity contribution in [1.82, 2.24) is 5.32 Å². The first kappa shape index (κ1) is 7.84. The van der Waals surface area contributed by atoms with Crippen molar-refractivity contribution >= 4 is 5.91 Å². The smallest absolute Gasteiger partial charge is 0.224 e. The van der Waals surface area contributed by atoms with Gasteiger partial charge in [-0.2, -0.15) is 0 Å². The highest BCUT2D eigenvalue weighted by Gasteiger charge is 2.24. The molecule has 0 aromatic heterocycles. The van der Waals surface area contributed by atoms with Crippen LogP contribution in [0.25, 0.3) is 0 Å². The van der Waals surface area contributed by atoms with Crippen molar-refractivity contribution in [2.45, 2.75) is 39.0 Å². The summed E-state index contributed by atoms with van der Waals surface area (Å²) in [6, 6.07) is 0. The first-order valence-corrected chi connectivity index (χ1v) is 4.79. The molecule has 1 aliphatic carbocycles. The largest absolute Gasteiger partial charge is 0.330 e. The number of allylic oxidation sites excluding steroid dienone is 2. The summed E-state index contributed by atoms with van der Waals surface area (Å²) in [6.45, 7) is 2.21. The molecule has 1 aliphatic heterocycles. The molecule has 1 saturated heterocycles. The third-order valence-corrected chi connectivity index (χ3v) is 2.91. The van der Waals surface area contributed by atoms with Crippen molar-refractivity contribution in [1.29, 1.82) is 0 Å². The predicted octanol–water partition coefficient (Wildman–Crippen LogP) is 1.97. The highest BCUT2D eigenvalue weighted by Crippen LogP contribution is 2.33. The van der Waals surface area contributed by atoms with Gasteiger partial charge < -0.3 is 5.32 Å². The van der Waals surface area contributed by atoms with Gasteiger partial charge >= 0.3 is 0 Å². The molecule has 0 aromatic rings. The zero-order valence-electron chi connectivity index (χ0n) is 7.52. The Morgan fingerprint density at radius 1 is 1.33 bits per heavy atom. The molecule has 0 spiro atoms. The van der Waals surface area contributed by atoms with Crippen LogP contribution in [-0.2, 0) is 4.79 Å². The standard InChI is InChI=1S/C10H15NO/c1-7-5-6-9(12)11-10(7)8-3-2-4-8/h7H,2-6H2,1H3,(H,11,12). The van der Waals surface area contributed by atoms with Crippen LogP contribution in [0, 0.1) is 5.92 Å². The van der Waals surface area contributed by atoms with Crippen LogP contribution in [-0.4, -0.2) is 5.91 Å². The van der Waals surface area contributed by atoms with Crippen molar-refractivity contribution in [2.75, 3.05) is 0 Å². The van der Waals surface area contributed by atoms with Crippen LogP contribution in [0.2, 0.25) is 0 Å². The molecule has 1 unspecified atom stereocenters. The number of piperidine rings is 1. The van der Waals surface area contributed by atoms with E-state index < -0.39 is 0 Å². The van der Waals surface area contributed by atoms with Crippen LogP contribution in [0.5, 0.6) is 0 Å². The van der Waals surface area contributed by atoms with E-state index in [0.29, 0.717) is 12.3 Å². The first-order valence-electron chi connectivity index (χ1n) is 4.79. The van der Waals surface area contributed by atoms with Crippen LogP contribution in [0.3, 0.4) is 0 Å². The van der Waals surface area contributed by atoms with Crippen molar-refractivity contribution in [3.05, 3.63) is 11.3 Å². The van der Waals surface area contributed by atoms with E-state index in [0.717, 1.165) is 6.42 Å². The predicted molar refractivity (Wildman–Crippen MR) is 47.4 cm³/mol. The van der Waals surface area contributed by atoms with E-state index in [-0.39, 0.29) is 5.91 Å². The van der Waals surface area contributed by atoms with Crippen molar-refractivity contribution < 1.29 is 4.79 Å². The average molecular weight is 165 g/mol. The zero-order chi connectivity index (χ0) is 8.55. The van der Waals surface area contributed by atoms with Gasteiger partial charge in [-0.05, 0) is 31.6 Å². The van der Waals surface area contributed by atoms with E-state index >= 15 is 0 Å². The van der Waals surface area contributed by atoms with Gasteiger partial charge in [0.1, 0.15) is 0 Å². The number of amides is 1. The molecule has 2 rings (SSSR count). The Labute approximate surface area is 73.0 Å². The van der Waals surface area contributed by atoms with E-state index in [9.17, 15) is 4.79 Å². The molecule has 2 nitrogen and oxygen atoms in total. The van der Waals surface area contributed by atoms with Gasteiger partial charge in [0.05, 0.1) is 0 Å². The normalized spacial score (nSPS) is 29.8. The maximum atomic E-state index is 11.1. The Bertz CT molecular complexity index is 236. The molecule has 2 heteroatoms. The molecule has 1 amide bonds. The fourth-order valence-corrected chi connectivity index (χ4v) is 1.89. The van der Waals surface area contributed by atoms with E-state index in [1.54, 1.807) is 0 Å². The molecular weight excluding hydrogens is 150 g/mol. The summed E-state index contributed by atoms with van der Waals surface area (Å²) >= 11 is 0. The Kier molecular flexibility index (Phi) is 1.91. The quantitative estimate of drug-likeness (QED) is 0.584. The second-order valence-electron chi connectivity index (χ2n) is 3.86. The summed E-state index contributed by atoms with van der Waals surface area (Å²) < 4.78 is 0. The summed E-state index contributed by atoms with van der Waals surface area (Å²) in [4.78, 5) is 11.1. The molecule has 12 heavy (non-hydrogen) atoms. The number of nitrogens with one attached hydrogen (secondary N) is 1. The molecule has 0 bridgehead atoms. The second kappa shape index (κ2) is 2.92. The number of rotatable bonds is 0. The fraction of sp³-hybridized carbons (Fsp3) is 0.700. The molecule has 2 aliphatic rings. The van der Waals surface area contributed by atoms with Gasteiger partial charge in [-0.3, -0.25) is 4.79 Å². The van der Waals surface area contributed by atoms with Gasteiger partial charge in [0.2, 0.25) is 5.91 Å². The highest BCUT2D eigenvalue weighted by molar-refractivity contribution is 5.79. The monoisotopic (exact) mass is 165 g/mol. The lowest BCUT2D eigenvalue weighted by Crippen LogP contribution is -2.33. The molecule has 66 valence electrons. The molecule has 1 atom stereocenters. The van der Waals surface area contributed by atoms with Crippen molar-refractivity contribution in [3.63, 3.8) is 0 Å². The molecule has 1 N–H and O–H groups in total. The topological polar surface area (TPSA) is 29.1 Å². The lowest BCUT2D eigenvalue weighted by atomic mass is 9.84. The third-order valence-electron chi connectivity index (χ3n) is 2.91. The Balaban J connectivity index is 2.16. The molecule has 0 aromatic carbocycles. The Hall–Kier alpha value is -0.790. The summed E-state index contributed by atoms with van der Waals surface area (Å²) in [5.74, 6) is 0.792. The van der Waals surface area contributed by atoms with Crippen LogP contribution in [0.1, 0.15) is 39.0 Å². The summed E-state index contributed by atoms with van der Waals surface area (Å²) in [5, 5.41) is 3.01. The van der Waals surface area contributed by atoms with Gasteiger partial charge in [-0.25, -0.2) is 0 Å². The molecular formula is C10H15NO. The second-order valence-corrected chi connectivity index (χ2v) is 3.86. The minimum absolute atomic E-state index is 0.211. The van der Waals surface area contributed by atoms with Crippen molar-refractivity contribution in [3.8, 4) is 0 Å². The minimum Gasteiger partial charge on any atom is -0.330 e. The summed E-state index contributed by atoms with van der Waals surface area (Å²) in [7, 11) is 0. The zero-order valence-corrected chi connectivity index (χ0v) is 7.52. The maximum Gasteiger partial charge on any atom is 0.224 e. The van der Waals surface area contributed by atoms with Crippen molar-refractivity contribution in [2.24, 2.45) is 5.92 Å². The van der Waals surface area contributed by atoms with E-state index in [1.165, 1.54) is 30.5 Å². The maximum absolute atomic E-state index is 11.1. The van der Waals surface area contributed by atoms with Gasteiger partial charge in [-0.15, -0.1) is 0 Å². The third kappa shape index (κ3) is 1.26. The number of carbonyl (C=O) groups excluding carboxylic acids is 1. The first-order chi connectivity index (χ1) is 5.77. The number of hydrogen-bond acceptors (Lipinski definition) is 1. The minimum atomic E-state index is 0.211. The number of carbonyl (C=O) groups is 1. The lowest BCUT2D eigenvalue weighted by molar-refractivity contribution is -0.121. The highest BCUT2D eigenvalue weighted by atomic mass is 16.1. The van der Waals surface area contributed by atoms with E-state index in [1.807, 2.05) is 0 Å². The van der Waals surface area contributed by atoms with Gasteiger partial charge in [0.25, 0.3) is 0 Å². The van der Waals surface area contributed by atoms with Crippen LogP contribution in [0.4, 0.5) is 0 Å². The Morgan fingerprint density at radius 3 is 2.67 bits per heavy atom. The molecule has 2 fully saturated rings. The summed E-state index contributed by atoms with van der Waals surface area (Å²) in [6.07, 6.45) is 5.46. The Morgan fingerprint density at radius 2 is 2.08 bits per heavy atom. The SMILES string of the molecule is CC1CCC(=O)NC1=C1CCC1. The molecule has 0 radical (unpaired) electrons. The van der Waals surface area contributed by atoms with Crippen LogP contribution >= 0.6 is 0 Å². The molecule has 1 heterocycles. The van der Waals surface area contributed by atoms with E-state index in [2.05, 4.69) is 12.2 Å².